The second-order valence-electron chi connectivity index (χ2n) is 7.38. The second kappa shape index (κ2) is 7.31. The third kappa shape index (κ3) is 3.12. The maximum Gasteiger partial charge on any atom is 0.280 e. The summed E-state index contributed by atoms with van der Waals surface area (Å²) in [5.74, 6) is 1.01. The van der Waals surface area contributed by atoms with Crippen LogP contribution in [0.4, 0.5) is 11.6 Å². The Balaban J connectivity index is 1.74. The van der Waals surface area contributed by atoms with Crippen molar-refractivity contribution < 1.29 is 9.72 Å². The van der Waals surface area contributed by atoms with Crippen molar-refractivity contribution in [3.05, 3.63) is 58.6 Å². The van der Waals surface area contributed by atoms with Gasteiger partial charge in [-0.05, 0) is 18.2 Å². The number of hydrogen-bond donors (Lipinski definition) is 0. The van der Waals surface area contributed by atoms with Crippen molar-refractivity contribution in [3.8, 4) is 11.4 Å². The van der Waals surface area contributed by atoms with E-state index in [-0.39, 0.29) is 11.6 Å². The van der Waals surface area contributed by atoms with Crippen molar-refractivity contribution in [2.75, 3.05) is 31.1 Å². The molecule has 156 valence electrons. The molecule has 0 saturated carbocycles. The highest BCUT2D eigenvalue weighted by Crippen LogP contribution is 2.33. The highest BCUT2D eigenvalue weighted by Gasteiger charge is 2.27. The summed E-state index contributed by atoms with van der Waals surface area (Å²) >= 11 is 0. The van der Waals surface area contributed by atoms with Crippen molar-refractivity contribution in [3.63, 3.8) is 0 Å². The summed E-state index contributed by atoms with van der Waals surface area (Å²) < 4.78 is 1.79. The summed E-state index contributed by atoms with van der Waals surface area (Å²) in [6.45, 7) is 3.90. The molecule has 0 radical (unpaired) electrons. The zero-order valence-electron chi connectivity index (χ0n) is 16.8. The zero-order chi connectivity index (χ0) is 21.5. The van der Waals surface area contributed by atoms with Gasteiger partial charge in [0.15, 0.2) is 11.5 Å². The number of nitrogens with zero attached hydrogens (tertiary/aromatic N) is 7. The van der Waals surface area contributed by atoms with Crippen LogP contribution in [-0.4, -0.2) is 61.5 Å². The van der Waals surface area contributed by atoms with Gasteiger partial charge in [0.2, 0.25) is 11.9 Å². The van der Waals surface area contributed by atoms with Crippen LogP contribution in [-0.2, 0) is 4.79 Å². The molecule has 5 rings (SSSR count). The molecular formula is C21H19N7O3. The SMILES string of the molecule is CC(=O)N1CCN(c2nc3ccccc3c3nnc(-c4ccccc4[N+](=O)[O-])n23)CC1. The first-order valence-electron chi connectivity index (χ1n) is 9.92. The maximum atomic E-state index is 11.7. The number of para-hydroxylation sites is 2. The number of benzene rings is 2. The fourth-order valence-corrected chi connectivity index (χ4v) is 4.00. The molecule has 0 spiro atoms. The Morgan fingerprint density at radius 3 is 2.45 bits per heavy atom. The van der Waals surface area contributed by atoms with E-state index in [0.29, 0.717) is 49.2 Å². The number of anilines is 1. The number of nitro groups is 1. The lowest BCUT2D eigenvalue weighted by molar-refractivity contribution is -0.384. The van der Waals surface area contributed by atoms with Crippen molar-refractivity contribution in [2.24, 2.45) is 0 Å². The third-order valence-corrected chi connectivity index (χ3v) is 5.58. The molecule has 1 aliphatic rings. The summed E-state index contributed by atoms with van der Waals surface area (Å²) in [5.41, 5.74) is 1.68. The van der Waals surface area contributed by atoms with Crippen LogP contribution < -0.4 is 4.90 Å². The van der Waals surface area contributed by atoms with Crippen LogP contribution in [0.5, 0.6) is 0 Å². The van der Waals surface area contributed by atoms with Crippen LogP contribution in [0.25, 0.3) is 27.9 Å². The Hall–Kier alpha value is -4.08. The Kier molecular flexibility index (Phi) is 4.46. The van der Waals surface area contributed by atoms with Crippen LogP contribution in [0.3, 0.4) is 0 Å². The summed E-state index contributed by atoms with van der Waals surface area (Å²) in [5, 5.41) is 21.2. The molecule has 1 saturated heterocycles. The number of fused-ring (bicyclic) bond motifs is 3. The Morgan fingerprint density at radius 2 is 1.71 bits per heavy atom. The fraction of sp³-hybridized carbons (Fsp3) is 0.238. The van der Waals surface area contributed by atoms with Gasteiger partial charge in [0.1, 0.15) is 0 Å². The van der Waals surface area contributed by atoms with Crippen LogP contribution >= 0.6 is 0 Å². The molecule has 10 heteroatoms. The van der Waals surface area contributed by atoms with Crippen molar-refractivity contribution in [1.29, 1.82) is 0 Å². The Morgan fingerprint density at radius 1 is 1.00 bits per heavy atom. The highest BCUT2D eigenvalue weighted by molar-refractivity contribution is 5.93. The summed E-state index contributed by atoms with van der Waals surface area (Å²) in [6, 6.07) is 14.1. The molecule has 4 aromatic rings. The monoisotopic (exact) mass is 417 g/mol. The minimum absolute atomic E-state index is 0.0427. The first-order chi connectivity index (χ1) is 15.0. The van der Waals surface area contributed by atoms with E-state index in [1.807, 2.05) is 24.3 Å². The van der Waals surface area contributed by atoms with Crippen LogP contribution in [0.2, 0.25) is 0 Å². The van der Waals surface area contributed by atoms with Crippen molar-refractivity contribution in [1.82, 2.24) is 24.5 Å². The standard InChI is InChI=1S/C21H19N7O3/c1-14(29)25-10-12-26(13-11-25)21-22-17-8-4-2-6-15(17)19-23-24-20(27(19)21)16-7-3-5-9-18(16)28(30)31/h2-9H,10-13H2,1H3. The third-order valence-electron chi connectivity index (χ3n) is 5.58. The van der Waals surface area contributed by atoms with E-state index >= 15 is 0 Å². The number of nitro benzene ring substituents is 1. The number of hydrogen-bond acceptors (Lipinski definition) is 7. The molecule has 2 aromatic heterocycles. The summed E-state index contributed by atoms with van der Waals surface area (Å²) in [4.78, 5) is 31.7. The topological polar surface area (TPSA) is 110 Å². The van der Waals surface area contributed by atoms with Crippen LogP contribution in [0.15, 0.2) is 48.5 Å². The van der Waals surface area contributed by atoms with Crippen LogP contribution in [0.1, 0.15) is 6.92 Å². The van der Waals surface area contributed by atoms with E-state index < -0.39 is 4.92 Å². The second-order valence-corrected chi connectivity index (χ2v) is 7.38. The smallest absolute Gasteiger partial charge is 0.280 e. The lowest BCUT2D eigenvalue weighted by Gasteiger charge is -2.35. The normalized spacial score (nSPS) is 14.4. The number of carbonyl (C=O) groups is 1. The molecule has 3 heterocycles. The Bertz CT molecular complexity index is 1330. The summed E-state index contributed by atoms with van der Waals surface area (Å²) in [6.07, 6.45) is 0. The number of rotatable bonds is 3. The van der Waals surface area contributed by atoms with Gasteiger partial charge in [0.25, 0.3) is 5.69 Å². The molecule has 0 unspecified atom stereocenters. The molecule has 0 atom stereocenters. The molecule has 1 aliphatic heterocycles. The van der Waals surface area contributed by atoms with E-state index in [0.717, 1.165) is 10.9 Å². The van der Waals surface area contributed by atoms with Gasteiger partial charge in [-0.2, -0.15) is 0 Å². The molecule has 0 bridgehead atoms. The molecule has 2 aromatic carbocycles. The van der Waals surface area contributed by atoms with Gasteiger partial charge in [-0.1, -0.05) is 24.3 Å². The number of carbonyl (C=O) groups excluding carboxylic acids is 1. The largest absolute Gasteiger partial charge is 0.339 e. The lowest BCUT2D eigenvalue weighted by atomic mass is 10.1. The van der Waals surface area contributed by atoms with E-state index in [1.54, 1.807) is 34.4 Å². The quantitative estimate of drug-likeness (QED) is 0.372. The molecular weight excluding hydrogens is 398 g/mol. The van der Waals surface area contributed by atoms with Gasteiger partial charge >= 0.3 is 0 Å². The van der Waals surface area contributed by atoms with Crippen molar-refractivity contribution in [2.45, 2.75) is 6.92 Å². The van der Waals surface area contributed by atoms with Gasteiger partial charge in [-0.25, -0.2) is 9.38 Å². The number of amides is 1. The average Bonchev–Trinajstić information content (AvgIpc) is 3.24. The molecule has 0 N–H and O–H groups in total. The first-order valence-corrected chi connectivity index (χ1v) is 9.92. The van der Waals surface area contributed by atoms with Gasteiger partial charge in [-0.15, -0.1) is 10.2 Å². The number of aromatic nitrogens is 4. The molecule has 1 fully saturated rings. The van der Waals surface area contributed by atoms with Crippen molar-refractivity contribution >= 4 is 34.1 Å². The minimum atomic E-state index is -0.420. The van der Waals surface area contributed by atoms with E-state index in [9.17, 15) is 14.9 Å². The lowest BCUT2D eigenvalue weighted by Crippen LogP contribution is -2.48. The molecule has 10 nitrogen and oxygen atoms in total. The fourth-order valence-electron chi connectivity index (χ4n) is 4.00. The van der Waals surface area contributed by atoms with Gasteiger partial charge < -0.3 is 9.80 Å². The zero-order valence-corrected chi connectivity index (χ0v) is 16.8. The molecule has 0 aliphatic carbocycles. The predicted molar refractivity (Wildman–Crippen MR) is 115 cm³/mol. The molecule has 31 heavy (non-hydrogen) atoms. The van der Waals surface area contributed by atoms with Crippen LogP contribution in [0, 0.1) is 10.1 Å². The van der Waals surface area contributed by atoms with Gasteiger partial charge in [0, 0.05) is 44.6 Å². The minimum Gasteiger partial charge on any atom is -0.339 e. The van der Waals surface area contributed by atoms with Gasteiger partial charge in [0.05, 0.1) is 16.0 Å². The first kappa shape index (κ1) is 18.9. The van der Waals surface area contributed by atoms with E-state index in [4.69, 9.17) is 4.98 Å². The molecule has 1 amide bonds. The van der Waals surface area contributed by atoms with Gasteiger partial charge in [-0.3, -0.25) is 14.9 Å². The average molecular weight is 417 g/mol. The maximum absolute atomic E-state index is 11.7. The van der Waals surface area contributed by atoms with E-state index in [2.05, 4.69) is 15.1 Å². The summed E-state index contributed by atoms with van der Waals surface area (Å²) in [7, 11) is 0. The number of piperazine rings is 1. The highest BCUT2D eigenvalue weighted by atomic mass is 16.6. The Labute approximate surface area is 176 Å². The van der Waals surface area contributed by atoms with E-state index in [1.165, 1.54) is 6.07 Å². The predicted octanol–water partition coefficient (Wildman–Crippen LogP) is 2.52.